The van der Waals surface area contributed by atoms with Crippen LogP contribution in [0.5, 0.6) is 0 Å². The van der Waals surface area contributed by atoms with E-state index in [1.54, 1.807) is 0 Å². The fraction of sp³-hybridized carbons (Fsp3) is 0.620. The molecule has 10 unspecified atom stereocenters. The molecule has 17 rings (SSSR count). The molecule has 8 saturated heterocycles. The number of hydrogen-bond donors (Lipinski definition) is 9. The maximum Gasteiger partial charge on any atom is 0.330 e. The Bertz CT molecular complexity index is 7160. The van der Waals surface area contributed by atoms with Crippen LogP contribution in [0.2, 0.25) is 0 Å². The number of phosphoric acid groups is 2. The number of aromatic amines is 5. The molecule has 0 radical (unpaired) electrons. The third-order valence-corrected chi connectivity index (χ3v) is 32.7. The molecule has 9 aromatic rings. The molecular formula is C71H89N21O41P6S4-6. The summed E-state index contributed by atoms with van der Waals surface area (Å²) in [7, 11) is -8.83. The molecule has 0 spiro atoms. The average molecular weight is 2210 g/mol. The maximum absolute atomic E-state index is 15.3. The van der Waals surface area contributed by atoms with E-state index in [9.17, 15) is 53.2 Å². The van der Waals surface area contributed by atoms with E-state index in [1.807, 2.05) is 0 Å². The van der Waals surface area contributed by atoms with E-state index in [0.717, 1.165) is 61.3 Å². The van der Waals surface area contributed by atoms with Gasteiger partial charge in [-0.25, -0.2) is 39.3 Å². The Hall–Kier alpha value is -7.52. The van der Waals surface area contributed by atoms with Crippen LogP contribution >= 0.6 is 42.6 Å². The number of imidazole rings is 3. The lowest BCUT2D eigenvalue weighted by atomic mass is 9.94. The molecule has 17 heterocycles. The first-order chi connectivity index (χ1) is 67.6. The van der Waals surface area contributed by atoms with Crippen molar-refractivity contribution in [2.45, 2.75) is 194 Å². The molecule has 72 heteroatoms. The van der Waals surface area contributed by atoms with Crippen molar-refractivity contribution in [1.29, 1.82) is 0 Å². The van der Waals surface area contributed by atoms with Crippen molar-refractivity contribution in [3.8, 4) is 0 Å². The zero-order chi connectivity index (χ0) is 103. The quantitative estimate of drug-likeness (QED) is 0.00977. The number of methoxy groups -OCH3 is 2. The van der Waals surface area contributed by atoms with Gasteiger partial charge in [-0.3, -0.25) is 90.0 Å². The number of fused-ring (bicyclic) bond motifs is 7. The number of phosphoric ester groups is 2. The number of anilines is 3. The maximum atomic E-state index is 15.3. The van der Waals surface area contributed by atoms with Crippen molar-refractivity contribution in [2.24, 2.45) is 0 Å². The van der Waals surface area contributed by atoms with E-state index in [2.05, 4.69) is 59.8 Å². The van der Waals surface area contributed by atoms with Gasteiger partial charge in [0.2, 0.25) is 11.9 Å². The summed E-state index contributed by atoms with van der Waals surface area (Å²) in [5.41, 5.74) is 5.02. The van der Waals surface area contributed by atoms with Crippen LogP contribution < -0.4 is 86.5 Å². The van der Waals surface area contributed by atoms with Crippen LogP contribution in [0.3, 0.4) is 0 Å². The number of rotatable bonds is 43. The van der Waals surface area contributed by atoms with Gasteiger partial charge in [0.05, 0.1) is 109 Å². The van der Waals surface area contributed by atoms with Crippen LogP contribution in [-0.4, -0.2) is 289 Å². The second-order valence-corrected chi connectivity index (χ2v) is 47.1. The number of nitrogens with zero attached hydrogens (tertiary/aromatic N) is 13. The number of aliphatic hydroxyl groups excluding tert-OH is 1. The third-order valence-electron chi connectivity index (χ3n) is 24.5. The molecule has 0 amide bonds. The van der Waals surface area contributed by atoms with Crippen molar-refractivity contribution in [3.63, 3.8) is 0 Å². The first-order valence-electron chi connectivity index (χ1n) is 42.8. The third kappa shape index (κ3) is 21.9. The van der Waals surface area contributed by atoms with Gasteiger partial charge in [0, 0.05) is 69.5 Å². The molecular weight excluding hydrogens is 2120 g/mol. The van der Waals surface area contributed by atoms with E-state index >= 15 is 28.4 Å². The molecule has 0 aliphatic carbocycles. The molecule has 8 aliphatic heterocycles. The Balaban J connectivity index is 0.649. The lowest BCUT2D eigenvalue weighted by Gasteiger charge is -2.40. The molecule has 8 fully saturated rings. The normalized spacial score (nSPS) is 32.1. The summed E-state index contributed by atoms with van der Waals surface area (Å²) in [5.74, 6) is -0.882. The molecule has 62 nitrogen and oxygen atoms in total. The van der Waals surface area contributed by atoms with Crippen LogP contribution in [0.25, 0.3) is 33.5 Å². The van der Waals surface area contributed by atoms with E-state index in [0.29, 0.717) is 0 Å². The number of hydrogen-bond acceptors (Lipinski definition) is 55. The van der Waals surface area contributed by atoms with Gasteiger partial charge in [-0.1, -0.05) is 35.4 Å². The topological polar surface area (TPSA) is 822 Å². The largest absolute Gasteiger partial charge is 0.780 e. The lowest BCUT2D eigenvalue weighted by molar-refractivity contribution is -0.251. The van der Waals surface area contributed by atoms with Crippen LogP contribution in [0.4, 0.5) is 17.7 Å². The lowest BCUT2D eigenvalue weighted by Crippen LogP contribution is -2.51. The van der Waals surface area contributed by atoms with Gasteiger partial charge in [0.25, 0.3) is 43.4 Å². The summed E-state index contributed by atoms with van der Waals surface area (Å²) in [4.78, 5) is 219. The van der Waals surface area contributed by atoms with Crippen molar-refractivity contribution in [2.75, 3.05) is 105 Å². The van der Waals surface area contributed by atoms with Gasteiger partial charge in [0.15, 0.2) is 65.5 Å². The van der Waals surface area contributed by atoms with Crippen LogP contribution in [0, 0.1) is 20.8 Å². The number of ether oxygens (including phenoxy) is 12. The number of aliphatic hydroxyl groups is 1. The van der Waals surface area contributed by atoms with Gasteiger partial charge < -0.3 is 170 Å². The minimum absolute atomic E-state index is 0.0108. The van der Waals surface area contributed by atoms with Crippen molar-refractivity contribution >= 4 is 141 Å². The van der Waals surface area contributed by atoms with Gasteiger partial charge in [-0.2, -0.15) is 9.97 Å². The summed E-state index contributed by atoms with van der Waals surface area (Å²) >= 11 is 21.6. The van der Waals surface area contributed by atoms with Crippen molar-refractivity contribution in [1.82, 2.24) is 87.2 Å². The van der Waals surface area contributed by atoms with Crippen LogP contribution in [0.1, 0.15) is 80.7 Å². The highest BCUT2D eigenvalue weighted by Gasteiger charge is 2.70. The van der Waals surface area contributed by atoms with Gasteiger partial charge in [-0.05, 0) is 34.6 Å². The highest BCUT2D eigenvalue weighted by atomic mass is 32.7. The Labute approximate surface area is 820 Å². The summed E-state index contributed by atoms with van der Waals surface area (Å²) in [6.07, 6.45) is -29.4. The van der Waals surface area contributed by atoms with Gasteiger partial charge in [0.1, 0.15) is 129 Å². The van der Waals surface area contributed by atoms with E-state index < -0.39 is 298 Å². The number of aromatic nitrogens is 18. The van der Waals surface area contributed by atoms with E-state index in [1.165, 1.54) is 65.9 Å². The minimum atomic E-state index is -6.28. The molecule has 12 N–H and O–H groups in total. The Kier molecular flexibility index (Phi) is 31.2. The zero-order valence-electron chi connectivity index (χ0n) is 75.4. The molecule has 0 aromatic carbocycles. The van der Waals surface area contributed by atoms with Gasteiger partial charge in [-0.15, -0.1) is 0 Å². The molecule has 8 aliphatic rings. The highest BCUT2D eigenvalue weighted by Crippen LogP contribution is 2.62. The van der Waals surface area contributed by atoms with Gasteiger partial charge >= 0.3 is 17.1 Å². The molecule has 4 bridgehead atoms. The smallest absolute Gasteiger partial charge is 0.330 e. The van der Waals surface area contributed by atoms with Crippen molar-refractivity contribution in [3.05, 3.63) is 144 Å². The summed E-state index contributed by atoms with van der Waals surface area (Å²) in [5, 5.41) is 10.8. The summed E-state index contributed by atoms with van der Waals surface area (Å²) in [6, 6.07) is 0. The number of nitrogen functional groups attached to an aromatic ring is 3. The number of H-pyrrole nitrogens is 5. The zero-order valence-corrected chi connectivity index (χ0v) is 84.0. The predicted molar refractivity (Wildman–Crippen MR) is 482 cm³/mol. The molecule has 784 valence electrons. The molecule has 30 atom stereocenters. The molecule has 143 heavy (non-hydrogen) atoms. The Morgan fingerprint density at radius 1 is 0.469 bits per heavy atom. The van der Waals surface area contributed by atoms with Crippen LogP contribution in [0.15, 0.2) is 82.3 Å². The number of aryl methyl sites for hydroxylation is 3. The monoisotopic (exact) mass is 2210 g/mol. The molecule has 9 aromatic heterocycles. The predicted octanol–water partition coefficient (Wildman–Crippen LogP) is -5.66. The summed E-state index contributed by atoms with van der Waals surface area (Å²) < 4.78 is 196. The first kappa shape index (κ1) is 107. The standard InChI is InChI=1S/C71H95N21O41P6S4/c1-28-15-87(67(99)84-56(28)94)39-13-33(128-136(106,140)112-8)36(122-39)19-116-137(107,141)129-34-14-40(88-16-29(2)57(95)85-68(88)100)123-37(34)20-117-138(108,142)133-51-49-64(92-27-79-43-55(92)81-66(74)83-60(43)98)126-70(51,31(4)121-49)22-118-135(104,105)130-45-38(125-61(47(45)114-12-10-111-7)89-17-30(3)58(96)86-69(89)101)21-115-134(102,103)132-50-48-63(91-26-78-42-54(91)80-65(73)82-59(42)97)127-71(50,32(5)120-48)23-119-139(109,143)131-44-35(18-93)124-62(46(44)113-11-9-110-6)90-25-77-41-52(72)75-24-76-53(41)90/h15-17,24-27,31-40,44-51,61-64,93H,9-14,18-23H2,1-8H3,(H,102,103)(H,104,105)(H,106,140)(H,107,141)(H,108,142)(H,109,143)(H2,72,75,76)(H,84,94,99)(H,85,95,100)(H,86,96,101)(H3,73,80,82,97)(H3,74,81,83,98)/p-6/t31-,32-,33+,34+,35+,36+,37+,38+,39+,40+,44-,45-,46?,47?,48?,49?,50+,51+,61+,62+,63+,64+,70-,71-,136?,137?,138?,139?/m0/s1. The fourth-order valence-corrected chi connectivity index (χ4v) is 24.8. The molecule has 0 saturated carbocycles. The second-order valence-electron chi connectivity index (χ2n) is 33.5. The number of nitrogens with one attached hydrogen (secondary N) is 5. The Morgan fingerprint density at radius 2 is 0.902 bits per heavy atom. The van der Waals surface area contributed by atoms with E-state index in [4.69, 9.17) is 176 Å². The fourth-order valence-electron chi connectivity index (χ4n) is 17.6. The number of nitrogens with two attached hydrogens (primary N) is 3. The van der Waals surface area contributed by atoms with Crippen molar-refractivity contribution < 1.29 is 154 Å². The Morgan fingerprint density at radius 3 is 1.41 bits per heavy atom. The average Bonchev–Trinajstić information content (AvgIpc) is 1.54. The SMILES string of the molecule is COCCOC1[C@@H](OP(=O)([O-])OC[C@]23O[C@@H](n4cnc5c(=O)[nH]c(N)nc54)C(O[C@H]2C)[C@H]3OP(=O)([S-])OC[C@H]2O[C@@H](n3cc(C)c(=O)[nH]c3=O)C[C@H]2OP([O-])(=S)OC[C@H]2O[C@@H](n3cc(C)c(=O)[nH]c3=O)C[C@H]2OP([O-])(=S)OC)[C@@H](COP(=O)([O-])O[C@@H]2C3O[C@@H](C)[C@]2(COP([O-])(=S)O[C@@H]2C(OCCOC)[C@H](n4cnc5c(N)ncnc54)O[C@@H]2CO)O[C@H]3n2cnc3c(=O)[nH]c(N)nc32)O[C@H]1n1cc(C)c(=O)[nH]c1=O. The second kappa shape index (κ2) is 41.8. The summed E-state index contributed by atoms with van der Waals surface area (Å²) in [6.45, 7) is -20.4. The highest BCUT2D eigenvalue weighted by molar-refractivity contribution is 8.32. The first-order valence-corrected chi connectivity index (χ1v) is 55.9. The van der Waals surface area contributed by atoms with Crippen LogP contribution in [-0.2, 0) is 172 Å². The van der Waals surface area contributed by atoms with E-state index in [-0.39, 0.29) is 82.2 Å². The minimum Gasteiger partial charge on any atom is -0.780 e.